The van der Waals surface area contributed by atoms with Gasteiger partial charge < -0.3 is 11.1 Å². The third kappa shape index (κ3) is 7.68. The number of halogens is 10. The first kappa shape index (κ1) is 29.4. The Hall–Kier alpha value is -1.65. The number of carbonyl (C=O) groups excluding carboxylic acids is 1. The second-order valence-electron chi connectivity index (χ2n) is 6.74. The number of benzene rings is 2. The zero-order valence-corrected chi connectivity index (χ0v) is 19.6. The van der Waals surface area contributed by atoms with Crippen LogP contribution in [-0.2, 0) is 6.18 Å². The van der Waals surface area contributed by atoms with E-state index >= 15 is 0 Å². The highest BCUT2D eigenvalue weighted by molar-refractivity contribution is 6.48. The van der Waals surface area contributed by atoms with Gasteiger partial charge in [-0.15, -0.1) is 12.4 Å². The van der Waals surface area contributed by atoms with Gasteiger partial charge in [0.15, 0.2) is 0 Å². The molecule has 33 heavy (non-hydrogen) atoms. The molecule has 2 aromatic rings. The summed E-state index contributed by atoms with van der Waals surface area (Å²) < 4.78 is 81.2. The molecule has 0 heterocycles. The molecule has 0 radical (unpaired) electrons. The number of nitrogens with one attached hydrogen (secondary N) is 1. The molecule has 0 aliphatic heterocycles. The lowest BCUT2D eigenvalue weighted by Crippen LogP contribution is -2.39. The van der Waals surface area contributed by atoms with Crippen molar-refractivity contribution in [2.24, 2.45) is 5.73 Å². The van der Waals surface area contributed by atoms with Crippen LogP contribution >= 0.6 is 47.2 Å². The third-order valence-corrected chi connectivity index (χ3v) is 5.35. The van der Waals surface area contributed by atoms with E-state index in [1.165, 1.54) is 6.92 Å². The molecule has 3 nitrogen and oxygen atoms in total. The van der Waals surface area contributed by atoms with Crippen LogP contribution in [0.3, 0.4) is 0 Å². The highest BCUT2D eigenvalue weighted by atomic mass is 35.5. The molecule has 0 aliphatic rings. The Kier molecular flexibility index (Phi) is 9.96. The Morgan fingerprint density at radius 3 is 2.03 bits per heavy atom. The van der Waals surface area contributed by atoms with Gasteiger partial charge in [-0.25, -0.2) is 0 Å². The highest BCUT2D eigenvalue weighted by Crippen LogP contribution is 2.41. The van der Waals surface area contributed by atoms with Crippen LogP contribution in [0.1, 0.15) is 39.9 Å². The van der Waals surface area contributed by atoms with Gasteiger partial charge in [0, 0.05) is 0 Å². The summed E-state index contributed by atoms with van der Waals surface area (Å²) in [6.45, 7) is 1.36. The largest absolute Gasteiger partial charge is 0.417 e. The van der Waals surface area contributed by atoms with Crippen LogP contribution in [0, 0.1) is 0 Å². The summed E-state index contributed by atoms with van der Waals surface area (Å²) in [5, 5.41) is 1.59. The monoisotopic (exact) mass is 554 g/mol. The molecular weight excluding hydrogens is 540 g/mol. The topological polar surface area (TPSA) is 55.1 Å². The minimum Gasteiger partial charge on any atom is -0.337 e. The van der Waals surface area contributed by atoms with Gasteiger partial charge in [-0.3, -0.25) is 4.79 Å². The Morgan fingerprint density at radius 2 is 1.58 bits per heavy atom. The fraction of sp³-hybridized carbons (Fsp3) is 0.250. The standard InChI is InChI=1S/C20H15Cl3F6N2O.ClH/c1-9(30)31-18(32)12-4-2-10(6-14(12)20(27,28)29)3-5-13(19(24,25)26)11-7-15(21)17(23)16(22)8-11;/h2-9,13H,30H2,1H3,(H,31,32);1H/b5-3+;/t9-,13?;/m1./s1. The van der Waals surface area contributed by atoms with Crippen molar-refractivity contribution in [3.8, 4) is 0 Å². The first-order valence-electron chi connectivity index (χ1n) is 8.78. The van der Waals surface area contributed by atoms with E-state index in [1.807, 2.05) is 0 Å². The number of allylic oxidation sites excluding steroid dienone is 1. The molecule has 3 N–H and O–H groups in total. The molecule has 2 aromatic carbocycles. The van der Waals surface area contributed by atoms with Gasteiger partial charge in [-0.05, 0) is 42.3 Å². The van der Waals surface area contributed by atoms with Crippen molar-refractivity contribution in [2.45, 2.75) is 31.4 Å². The van der Waals surface area contributed by atoms with E-state index in [9.17, 15) is 31.1 Å². The van der Waals surface area contributed by atoms with Crippen LogP contribution in [0.4, 0.5) is 26.3 Å². The maximum absolute atomic E-state index is 13.6. The maximum Gasteiger partial charge on any atom is 0.417 e. The zero-order chi connectivity index (χ0) is 24.4. The number of hydrogen-bond acceptors (Lipinski definition) is 2. The third-order valence-electron chi connectivity index (χ3n) is 4.15. The van der Waals surface area contributed by atoms with Gasteiger partial charge in [0.1, 0.15) is 0 Å². The Labute approximate surface area is 206 Å². The minimum absolute atomic E-state index is 0. The first-order valence-corrected chi connectivity index (χ1v) is 9.91. The van der Waals surface area contributed by atoms with E-state index in [1.54, 1.807) is 0 Å². The van der Waals surface area contributed by atoms with Crippen LogP contribution in [0.25, 0.3) is 6.08 Å². The molecular formula is C20H16Cl4F6N2O. The summed E-state index contributed by atoms with van der Waals surface area (Å²) in [5.74, 6) is -3.30. The average Bonchev–Trinajstić information content (AvgIpc) is 2.63. The first-order chi connectivity index (χ1) is 14.6. The van der Waals surface area contributed by atoms with Crippen LogP contribution in [0.15, 0.2) is 36.4 Å². The molecule has 1 amide bonds. The summed E-state index contributed by atoms with van der Waals surface area (Å²) in [6, 6.07) is 4.46. The van der Waals surface area contributed by atoms with Crippen molar-refractivity contribution in [1.29, 1.82) is 0 Å². The van der Waals surface area contributed by atoms with Gasteiger partial charge in [0.25, 0.3) is 5.91 Å². The number of hydrogen-bond donors (Lipinski definition) is 2. The van der Waals surface area contributed by atoms with Crippen molar-refractivity contribution in [2.75, 3.05) is 0 Å². The summed E-state index contributed by atoms with van der Waals surface area (Å²) >= 11 is 17.4. The predicted octanol–water partition coefficient (Wildman–Crippen LogP) is 7.48. The molecule has 2 atom stereocenters. The Bertz CT molecular complexity index is 1020. The smallest absolute Gasteiger partial charge is 0.337 e. The summed E-state index contributed by atoms with van der Waals surface area (Å²) in [4.78, 5) is 12.0. The lowest BCUT2D eigenvalue weighted by molar-refractivity contribution is -0.139. The molecule has 0 aromatic heterocycles. The van der Waals surface area contributed by atoms with E-state index in [0.29, 0.717) is 12.1 Å². The van der Waals surface area contributed by atoms with Gasteiger partial charge in [-0.2, -0.15) is 26.3 Å². The molecule has 0 fully saturated rings. The number of carbonyl (C=O) groups is 1. The van der Waals surface area contributed by atoms with Crippen molar-refractivity contribution >= 4 is 59.2 Å². The van der Waals surface area contributed by atoms with Crippen molar-refractivity contribution in [3.05, 3.63) is 73.7 Å². The molecule has 0 saturated heterocycles. The lowest BCUT2D eigenvalue weighted by atomic mass is 9.96. The van der Waals surface area contributed by atoms with Crippen molar-refractivity contribution in [3.63, 3.8) is 0 Å². The molecule has 13 heteroatoms. The van der Waals surface area contributed by atoms with Crippen LogP contribution < -0.4 is 11.1 Å². The highest BCUT2D eigenvalue weighted by Gasteiger charge is 2.40. The maximum atomic E-state index is 13.6. The fourth-order valence-corrected chi connectivity index (χ4v) is 3.37. The van der Waals surface area contributed by atoms with E-state index in [-0.39, 0.29) is 38.6 Å². The van der Waals surface area contributed by atoms with Crippen molar-refractivity contribution in [1.82, 2.24) is 5.32 Å². The molecule has 0 bridgehead atoms. The van der Waals surface area contributed by atoms with Gasteiger partial charge in [-0.1, -0.05) is 53.0 Å². The minimum atomic E-state index is -4.94. The Balaban J connectivity index is 0.00000544. The normalized spacial score (nSPS) is 14.0. The Morgan fingerprint density at radius 1 is 1.03 bits per heavy atom. The van der Waals surface area contributed by atoms with Crippen molar-refractivity contribution < 1.29 is 31.1 Å². The number of amides is 1. The summed E-state index contributed by atoms with van der Waals surface area (Å²) in [7, 11) is 0. The molecule has 0 saturated carbocycles. The molecule has 0 aliphatic carbocycles. The number of nitrogens with two attached hydrogens (primary N) is 1. The molecule has 0 spiro atoms. The quantitative estimate of drug-likeness (QED) is 0.228. The summed E-state index contributed by atoms with van der Waals surface area (Å²) in [6.07, 6.45) is -9.13. The second kappa shape index (κ2) is 11.2. The van der Waals surface area contributed by atoms with Crippen LogP contribution in [-0.4, -0.2) is 18.2 Å². The second-order valence-corrected chi connectivity index (χ2v) is 7.93. The number of alkyl halides is 6. The van der Waals surface area contributed by atoms with E-state index in [2.05, 4.69) is 5.32 Å². The molecule has 1 unspecified atom stereocenters. The van der Waals surface area contributed by atoms with E-state index < -0.39 is 41.5 Å². The lowest BCUT2D eigenvalue weighted by Gasteiger charge is -2.19. The fourth-order valence-electron chi connectivity index (χ4n) is 2.75. The SMILES string of the molecule is C[C@H](N)NC(=O)c1ccc(/C=C/C(c2cc(Cl)c(Cl)c(Cl)c2)C(F)(F)F)cc1C(F)(F)F.Cl. The van der Waals surface area contributed by atoms with E-state index in [4.69, 9.17) is 40.5 Å². The number of rotatable bonds is 5. The zero-order valence-electron chi connectivity index (χ0n) is 16.5. The predicted molar refractivity (Wildman–Crippen MR) is 119 cm³/mol. The summed E-state index contributed by atoms with van der Waals surface area (Å²) in [5.41, 5.74) is 2.77. The van der Waals surface area contributed by atoms with Crippen LogP contribution in [0.5, 0.6) is 0 Å². The van der Waals surface area contributed by atoms with Crippen LogP contribution in [0.2, 0.25) is 15.1 Å². The molecule has 182 valence electrons. The molecule has 2 rings (SSSR count). The van der Waals surface area contributed by atoms with E-state index in [0.717, 1.165) is 30.3 Å². The van der Waals surface area contributed by atoms with Gasteiger partial charge in [0.05, 0.1) is 38.3 Å². The average molecular weight is 556 g/mol. The van der Waals surface area contributed by atoms with Gasteiger partial charge >= 0.3 is 12.4 Å². The van der Waals surface area contributed by atoms with Gasteiger partial charge in [0.2, 0.25) is 0 Å².